The van der Waals surface area contributed by atoms with Gasteiger partial charge in [0.1, 0.15) is 0 Å². The van der Waals surface area contributed by atoms with Crippen molar-refractivity contribution in [1.82, 2.24) is 21.5 Å². The Morgan fingerprint density at radius 1 is 1.75 bits per heavy atom. The molecule has 1 aliphatic heterocycles. The van der Waals surface area contributed by atoms with E-state index in [2.05, 4.69) is 16.4 Å². The highest BCUT2D eigenvalue weighted by molar-refractivity contribution is 7.80. The number of rotatable bonds is 1. The van der Waals surface area contributed by atoms with Crippen LogP contribution in [-0.2, 0) is 0 Å². The first kappa shape index (κ1) is 5.74. The van der Waals surface area contributed by atoms with Crippen LogP contribution in [0.4, 0.5) is 0 Å². The van der Waals surface area contributed by atoms with Gasteiger partial charge in [0.15, 0.2) is 5.11 Å². The van der Waals surface area contributed by atoms with Crippen molar-refractivity contribution in [1.29, 1.82) is 0 Å². The van der Waals surface area contributed by atoms with Crippen molar-refractivity contribution in [2.75, 3.05) is 6.54 Å². The van der Waals surface area contributed by atoms with Gasteiger partial charge in [-0.3, -0.25) is 10.9 Å². The minimum Gasteiger partial charge on any atom is -0.282 e. The van der Waals surface area contributed by atoms with E-state index >= 15 is 0 Å². The summed E-state index contributed by atoms with van der Waals surface area (Å²) >= 11 is 4.74. The number of hydrazine groups is 3. The Bertz CT molecular complexity index is 103. The summed E-state index contributed by atoms with van der Waals surface area (Å²) in [4.78, 5) is 0. The predicted octanol–water partition coefficient (Wildman–Crippen LogP) is -0.879. The van der Waals surface area contributed by atoms with Crippen molar-refractivity contribution < 1.29 is 0 Å². The highest BCUT2D eigenvalue weighted by atomic mass is 32.1. The number of nitrogens with zero attached hydrogens (tertiary/aromatic N) is 1. The number of hydrogen-bond acceptors (Lipinski definition) is 3. The van der Waals surface area contributed by atoms with Crippen LogP contribution in [-0.4, -0.2) is 16.8 Å². The van der Waals surface area contributed by atoms with E-state index in [-0.39, 0.29) is 0 Å². The van der Waals surface area contributed by atoms with Crippen molar-refractivity contribution >= 4 is 17.3 Å². The molecule has 0 aliphatic carbocycles. The molecule has 3 N–H and O–H groups in total. The third kappa shape index (κ3) is 1.06. The average molecular weight is 132 g/mol. The Kier molecular flexibility index (Phi) is 1.62. The van der Waals surface area contributed by atoms with Gasteiger partial charge in [0.05, 0.1) is 0 Å². The second-order valence-electron chi connectivity index (χ2n) is 1.42. The Balaban J connectivity index is 2.32. The minimum atomic E-state index is 0.617. The third-order valence-electron chi connectivity index (χ3n) is 0.857. The Morgan fingerprint density at radius 2 is 2.50 bits per heavy atom. The smallest absolute Gasteiger partial charge is 0.197 e. The molecule has 8 heavy (non-hydrogen) atoms. The molecule has 0 radical (unpaired) electrons. The van der Waals surface area contributed by atoms with E-state index < -0.39 is 0 Å². The molecule has 1 fully saturated rings. The first-order valence-corrected chi connectivity index (χ1v) is 2.83. The first-order valence-electron chi connectivity index (χ1n) is 2.42. The molecule has 1 rings (SSSR count). The van der Waals surface area contributed by atoms with Crippen LogP contribution in [0.3, 0.4) is 0 Å². The van der Waals surface area contributed by atoms with E-state index in [4.69, 9.17) is 12.2 Å². The molecular formula is C3H8N4S. The molecule has 1 heterocycles. The molecule has 4 nitrogen and oxygen atoms in total. The maximum atomic E-state index is 4.74. The molecule has 0 unspecified atom stereocenters. The van der Waals surface area contributed by atoms with Crippen LogP contribution >= 0.6 is 12.2 Å². The van der Waals surface area contributed by atoms with Gasteiger partial charge >= 0.3 is 0 Å². The molecule has 0 atom stereocenters. The van der Waals surface area contributed by atoms with Crippen molar-refractivity contribution in [3.8, 4) is 0 Å². The van der Waals surface area contributed by atoms with Gasteiger partial charge in [0, 0.05) is 6.54 Å². The van der Waals surface area contributed by atoms with E-state index in [1.54, 1.807) is 5.12 Å². The molecule has 1 saturated heterocycles. The molecule has 0 aromatic heterocycles. The summed E-state index contributed by atoms with van der Waals surface area (Å²) in [7, 11) is 0. The lowest BCUT2D eigenvalue weighted by molar-refractivity contribution is 0.187. The minimum absolute atomic E-state index is 0.617. The van der Waals surface area contributed by atoms with E-state index in [9.17, 15) is 0 Å². The van der Waals surface area contributed by atoms with Crippen LogP contribution < -0.4 is 16.4 Å². The number of nitrogens with one attached hydrogen (secondary N) is 3. The number of hydrogen-bond donors (Lipinski definition) is 3. The van der Waals surface area contributed by atoms with Gasteiger partial charge in [-0.1, -0.05) is 0 Å². The summed E-state index contributed by atoms with van der Waals surface area (Å²) in [5.41, 5.74) is 8.35. The SMILES string of the molecule is CCN1NNC(=S)N1. The molecule has 0 aromatic carbocycles. The van der Waals surface area contributed by atoms with Gasteiger partial charge in [0.25, 0.3) is 0 Å². The van der Waals surface area contributed by atoms with Crippen molar-refractivity contribution in [3.05, 3.63) is 0 Å². The molecule has 46 valence electrons. The quantitative estimate of drug-likeness (QED) is 0.404. The fourth-order valence-corrected chi connectivity index (χ4v) is 0.611. The summed E-state index contributed by atoms with van der Waals surface area (Å²) < 4.78 is 0. The summed E-state index contributed by atoms with van der Waals surface area (Å²) in [6.45, 7) is 2.88. The lowest BCUT2D eigenvalue weighted by Gasteiger charge is -2.08. The lowest BCUT2D eigenvalue weighted by Crippen LogP contribution is -2.39. The molecular weight excluding hydrogens is 124 g/mol. The monoisotopic (exact) mass is 132 g/mol. The van der Waals surface area contributed by atoms with Gasteiger partial charge in [-0.2, -0.15) is 0 Å². The Labute approximate surface area is 53.1 Å². The maximum Gasteiger partial charge on any atom is 0.197 e. The zero-order chi connectivity index (χ0) is 5.98. The predicted molar refractivity (Wildman–Crippen MR) is 34.4 cm³/mol. The first-order chi connectivity index (χ1) is 3.83. The van der Waals surface area contributed by atoms with Crippen LogP contribution in [0.15, 0.2) is 0 Å². The summed E-state index contributed by atoms with van der Waals surface area (Å²) in [5, 5.41) is 2.37. The van der Waals surface area contributed by atoms with Crippen molar-refractivity contribution in [2.24, 2.45) is 0 Å². The normalized spacial score (nSPS) is 20.4. The standard InChI is InChI=1S/C3H8N4S/c1-2-7-5-3(8)4-6-7/h6H,2H2,1H3,(H2,4,5,8). The zero-order valence-electron chi connectivity index (χ0n) is 4.56. The van der Waals surface area contributed by atoms with Gasteiger partial charge in [-0.15, -0.1) is 10.7 Å². The van der Waals surface area contributed by atoms with E-state index in [1.165, 1.54) is 0 Å². The second kappa shape index (κ2) is 2.25. The van der Waals surface area contributed by atoms with E-state index in [0.717, 1.165) is 6.54 Å². The van der Waals surface area contributed by atoms with E-state index in [0.29, 0.717) is 5.11 Å². The molecule has 0 bridgehead atoms. The lowest BCUT2D eigenvalue weighted by atomic mass is 10.8. The third-order valence-corrected chi connectivity index (χ3v) is 1.05. The molecule has 0 saturated carbocycles. The maximum absolute atomic E-state index is 4.74. The van der Waals surface area contributed by atoms with Crippen molar-refractivity contribution in [2.45, 2.75) is 6.92 Å². The topological polar surface area (TPSA) is 39.3 Å². The van der Waals surface area contributed by atoms with Gasteiger partial charge in [0.2, 0.25) is 0 Å². The summed E-state index contributed by atoms with van der Waals surface area (Å²) in [6.07, 6.45) is 0. The number of thiocarbonyl (C=S) groups is 1. The van der Waals surface area contributed by atoms with Crippen LogP contribution in [0.25, 0.3) is 0 Å². The van der Waals surface area contributed by atoms with Gasteiger partial charge in [-0.25, -0.2) is 0 Å². The zero-order valence-corrected chi connectivity index (χ0v) is 5.38. The second-order valence-corrected chi connectivity index (χ2v) is 1.83. The molecule has 1 aliphatic rings. The Hall–Kier alpha value is -0.390. The molecule has 0 amide bonds. The average Bonchev–Trinajstić information content (AvgIpc) is 2.14. The van der Waals surface area contributed by atoms with Crippen LogP contribution in [0.1, 0.15) is 6.92 Å². The van der Waals surface area contributed by atoms with Crippen LogP contribution in [0.5, 0.6) is 0 Å². The van der Waals surface area contributed by atoms with E-state index in [1.807, 2.05) is 6.92 Å². The highest BCUT2D eigenvalue weighted by Crippen LogP contribution is 1.78. The van der Waals surface area contributed by atoms with Crippen LogP contribution in [0.2, 0.25) is 0 Å². The van der Waals surface area contributed by atoms with Crippen molar-refractivity contribution in [3.63, 3.8) is 0 Å². The molecule has 5 heteroatoms. The molecule has 0 aromatic rings. The fraction of sp³-hybridized carbons (Fsp3) is 0.667. The summed E-state index contributed by atoms with van der Waals surface area (Å²) in [6, 6.07) is 0. The molecule has 0 spiro atoms. The van der Waals surface area contributed by atoms with Crippen LogP contribution in [0, 0.1) is 0 Å². The Morgan fingerprint density at radius 3 is 2.75 bits per heavy atom. The largest absolute Gasteiger partial charge is 0.282 e. The van der Waals surface area contributed by atoms with Gasteiger partial charge in [-0.05, 0) is 19.1 Å². The van der Waals surface area contributed by atoms with Gasteiger partial charge < -0.3 is 0 Å². The summed E-state index contributed by atoms with van der Waals surface area (Å²) in [5.74, 6) is 0. The fourth-order valence-electron chi connectivity index (χ4n) is 0.455. The highest BCUT2D eigenvalue weighted by Gasteiger charge is 2.09.